The van der Waals surface area contributed by atoms with Crippen molar-refractivity contribution >= 4 is 22.9 Å². The Kier molecular flexibility index (Phi) is 5.01. The molecule has 4 aromatic rings. The molecular formula is C25H16O9. The van der Waals surface area contributed by atoms with Gasteiger partial charge in [-0.2, -0.15) is 0 Å². The fraction of sp³-hybridized carbons (Fsp3) is 0.120. The van der Waals surface area contributed by atoms with Crippen LogP contribution in [0.1, 0.15) is 25.7 Å². The van der Waals surface area contributed by atoms with Crippen LogP contribution >= 0.6 is 0 Å². The number of carbonyl (C=O) groups excluding carboxylic acids is 2. The largest absolute Gasteiger partial charge is 0.450 e. The van der Waals surface area contributed by atoms with Crippen molar-refractivity contribution in [3.63, 3.8) is 0 Å². The maximum Gasteiger partial charge on any atom is 0.344 e. The van der Waals surface area contributed by atoms with Gasteiger partial charge in [-0.05, 0) is 36.4 Å². The zero-order valence-corrected chi connectivity index (χ0v) is 17.9. The van der Waals surface area contributed by atoms with Crippen molar-refractivity contribution in [1.29, 1.82) is 0 Å². The van der Waals surface area contributed by atoms with Gasteiger partial charge in [-0.25, -0.2) is 9.59 Å². The van der Waals surface area contributed by atoms with E-state index in [-0.39, 0.29) is 33.9 Å². The first kappa shape index (κ1) is 21.2. The van der Waals surface area contributed by atoms with Gasteiger partial charge in [-0.1, -0.05) is 18.2 Å². The van der Waals surface area contributed by atoms with Gasteiger partial charge in [0.2, 0.25) is 0 Å². The molecule has 1 unspecified atom stereocenters. The van der Waals surface area contributed by atoms with E-state index in [1.165, 1.54) is 44.2 Å². The van der Waals surface area contributed by atoms with Crippen LogP contribution in [-0.2, 0) is 14.3 Å². The summed E-state index contributed by atoms with van der Waals surface area (Å²) in [7, 11) is 0. The van der Waals surface area contributed by atoms with Gasteiger partial charge in [0.05, 0.1) is 22.3 Å². The quantitative estimate of drug-likeness (QED) is 0.254. The zero-order chi connectivity index (χ0) is 24.0. The van der Waals surface area contributed by atoms with Crippen LogP contribution in [0.3, 0.4) is 0 Å². The molecule has 2 aromatic heterocycles. The lowest BCUT2D eigenvalue weighted by Gasteiger charge is -2.27. The normalized spacial score (nSPS) is 14.0. The highest BCUT2D eigenvalue weighted by Gasteiger charge is 2.33. The summed E-state index contributed by atoms with van der Waals surface area (Å²) in [5.41, 5.74) is -0.768. The number of esters is 2. The highest BCUT2D eigenvalue weighted by atomic mass is 16.7. The summed E-state index contributed by atoms with van der Waals surface area (Å²) in [6, 6.07) is 14.2. The summed E-state index contributed by atoms with van der Waals surface area (Å²) in [6.45, 7) is 2.46. The summed E-state index contributed by atoms with van der Waals surface area (Å²) < 4.78 is 27.2. The van der Waals surface area contributed by atoms with Crippen molar-refractivity contribution in [3.8, 4) is 33.9 Å². The van der Waals surface area contributed by atoms with Gasteiger partial charge >= 0.3 is 23.2 Å². The summed E-state index contributed by atoms with van der Waals surface area (Å²) in [4.78, 5) is 48.7. The van der Waals surface area contributed by atoms with Crippen LogP contribution in [0.4, 0.5) is 0 Å². The molecule has 0 radical (unpaired) electrons. The van der Waals surface area contributed by atoms with Gasteiger partial charge in [0, 0.05) is 19.2 Å². The number of para-hydroxylation sites is 1. The van der Waals surface area contributed by atoms with Gasteiger partial charge in [0.15, 0.2) is 5.76 Å². The van der Waals surface area contributed by atoms with Crippen molar-refractivity contribution < 1.29 is 32.6 Å². The van der Waals surface area contributed by atoms with Gasteiger partial charge in [0.1, 0.15) is 17.1 Å². The minimum absolute atomic E-state index is 0.0173. The number of hydrogen-bond donors (Lipinski definition) is 0. The Labute approximate surface area is 191 Å². The first-order valence-electron chi connectivity index (χ1n) is 10.2. The molecule has 0 amide bonds. The fourth-order valence-electron chi connectivity index (χ4n) is 3.75. The lowest BCUT2D eigenvalue weighted by atomic mass is 9.99. The molecule has 0 fully saturated rings. The van der Waals surface area contributed by atoms with Gasteiger partial charge in [-0.15, -0.1) is 0 Å². The number of ether oxygens (including phenoxy) is 3. The second-order valence-electron chi connectivity index (χ2n) is 7.53. The number of carbonyl (C=O) groups is 2. The van der Waals surface area contributed by atoms with E-state index < -0.39 is 29.5 Å². The van der Waals surface area contributed by atoms with Gasteiger partial charge in [0.25, 0.3) is 6.29 Å². The SMILES string of the molecule is CC(=O)Oc1ccc2c(c1)-c1oc(=O)c(-c3cc4ccccc4oc3=O)cc1C(OC(C)=O)O2. The third-order valence-electron chi connectivity index (χ3n) is 5.13. The second kappa shape index (κ2) is 8.04. The monoisotopic (exact) mass is 460 g/mol. The first-order chi connectivity index (χ1) is 16.3. The van der Waals surface area contributed by atoms with Crippen molar-refractivity contribution in [1.82, 2.24) is 0 Å². The smallest absolute Gasteiger partial charge is 0.344 e. The lowest BCUT2D eigenvalue weighted by molar-refractivity contribution is -0.162. The zero-order valence-electron chi connectivity index (χ0n) is 17.9. The molecule has 0 spiro atoms. The lowest BCUT2D eigenvalue weighted by Crippen LogP contribution is -2.22. The number of hydrogen-bond acceptors (Lipinski definition) is 9. The van der Waals surface area contributed by atoms with E-state index in [0.29, 0.717) is 16.5 Å². The molecule has 0 saturated carbocycles. The Balaban J connectivity index is 1.72. The summed E-state index contributed by atoms with van der Waals surface area (Å²) in [5.74, 6) is -0.659. The third-order valence-corrected chi connectivity index (χ3v) is 5.13. The predicted octanol–water partition coefficient (Wildman–Crippen LogP) is 3.96. The van der Waals surface area contributed by atoms with Crippen molar-refractivity contribution in [2.75, 3.05) is 0 Å². The molecule has 1 aliphatic rings. The molecule has 9 nitrogen and oxygen atoms in total. The third kappa shape index (κ3) is 3.73. The van der Waals surface area contributed by atoms with Gasteiger partial charge < -0.3 is 23.0 Å². The van der Waals surface area contributed by atoms with E-state index in [4.69, 9.17) is 23.0 Å². The summed E-state index contributed by atoms with van der Waals surface area (Å²) >= 11 is 0. The van der Waals surface area contributed by atoms with Crippen molar-refractivity contribution in [3.05, 3.63) is 81.0 Å². The molecule has 0 saturated heterocycles. The van der Waals surface area contributed by atoms with E-state index in [0.717, 1.165) is 0 Å². The van der Waals surface area contributed by atoms with Crippen LogP contribution in [-0.4, -0.2) is 11.9 Å². The van der Waals surface area contributed by atoms with Crippen LogP contribution in [0.15, 0.2) is 73.0 Å². The second-order valence-corrected chi connectivity index (χ2v) is 7.53. The maximum atomic E-state index is 13.0. The first-order valence-corrected chi connectivity index (χ1v) is 10.2. The molecule has 0 bridgehead atoms. The average Bonchev–Trinajstić information content (AvgIpc) is 2.78. The summed E-state index contributed by atoms with van der Waals surface area (Å²) in [6.07, 6.45) is -1.24. The maximum absolute atomic E-state index is 13.0. The molecule has 1 atom stereocenters. The van der Waals surface area contributed by atoms with Crippen LogP contribution in [0.25, 0.3) is 33.4 Å². The minimum Gasteiger partial charge on any atom is -0.450 e. The van der Waals surface area contributed by atoms with E-state index in [9.17, 15) is 19.2 Å². The molecule has 0 N–H and O–H groups in total. The Bertz CT molecular complexity index is 1590. The Hall–Kier alpha value is -4.66. The number of benzene rings is 2. The van der Waals surface area contributed by atoms with E-state index >= 15 is 0 Å². The molecule has 0 aliphatic carbocycles. The van der Waals surface area contributed by atoms with Gasteiger partial charge in [-0.3, -0.25) is 9.59 Å². The Morgan fingerprint density at radius 3 is 2.32 bits per heavy atom. The van der Waals surface area contributed by atoms with Crippen molar-refractivity contribution in [2.45, 2.75) is 20.1 Å². The molecule has 2 aromatic carbocycles. The highest BCUT2D eigenvalue weighted by molar-refractivity contribution is 5.82. The van der Waals surface area contributed by atoms with E-state index in [1.807, 2.05) is 0 Å². The molecule has 3 heterocycles. The Morgan fingerprint density at radius 1 is 0.824 bits per heavy atom. The predicted molar refractivity (Wildman–Crippen MR) is 118 cm³/mol. The number of rotatable bonds is 3. The van der Waals surface area contributed by atoms with Crippen LogP contribution in [0, 0.1) is 0 Å². The minimum atomic E-state index is -1.24. The van der Waals surface area contributed by atoms with E-state index in [1.54, 1.807) is 24.3 Å². The topological polar surface area (TPSA) is 122 Å². The van der Waals surface area contributed by atoms with Crippen LogP contribution < -0.4 is 20.7 Å². The molecular weight excluding hydrogens is 444 g/mol. The fourth-order valence-corrected chi connectivity index (χ4v) is 3.75. The van der Waals surface area contributed by atoms with Crippen LogP contribution in [0.2, 0.25) is 0 Å². The summed E-state index contributed by atoms with van der Waals surface area (Å²) in [5, 5.41) is 0.610. The standard InChI is InChI=1S/C25H16O9/c1-12(26)30-15-7-8-21-18(10-15)22-19(25(33-21)31-13(2)27)11-17(24(29)34-22)16-9-14-5-3-4-6-20(14)32-23(16)28/h3-11,25H,1-2H3. The molecule has 170 valence electrons. The Morgan fingerprint density at radius 2 is 1.56 bits per heavy atom. The molecule has 1 aliphatic heterocycles. The van der Waals surface area contributed by atoms with Crippen LogP contribution in [0.5, 0.6) is 11.5 Å². The van der Waals surface area contributed by atoms with Crippen molar-refractivity contribution in [2.24, 2.45) is 0 Å². The molecule has 9 heteroatoms. The highest BCUT2D eigenvalue weighted by Crippen LogP contribution is 2.44. The molecule has 5 rings (SSSR count). The average molecular weight is 460 g/mol. The number of fused-ring (bicyclic) bond motifs is 4. The molecule has 34 heavy (non-hydrogen) atoms. The van der Waals surface area contributed by atoms with E-state index in [2.05, 4.69) is 0 Å².